The fourth-order valence-corrected chi connectivity index (χ4v) is 1.84. The molecule has 1 heterocycles. The van der Waals surface area contributed by atoms with Crippen molar-refractivity contribution in [3.63, 3.8) is 0 Å². The van der Waals surface area contributed by atoms with E-state index in [9.17, 15) is 18.0 Å². The van der Waals surface area contributed by atoms with Gasteiger partial charge in [0.15, 0.2) is 0 Å². The zero-order chi connectivity index (χ0) is 13.1. The van der Waals surface area contributed by atoms with Gasteiger partial charge >= 0.3 is 6.18 Å². The summed E-state index contributed by atoms with van der Waals surface area (Å²) in [6.07, 6.45) is -2.98. The lowest BCUT2D eigenvalue weighted by Crippen LogP contribution is -2.35. The van der Waals surface area contributed by atoms with E-state index in [0.717, 1.165) is 6.42 Å². The molecule has 0 aromatic heterocycles. The van der Waals surface area contributed by atoms with Gasteiger partial charge < -0.3 is 4.90 Å². The Morgan fingerprint density at radius 3 is 2.53 bits per heavy atom. The number of rotatable bonds is 3. The van der Waals surface area contributed by atoms with Crippen molar-refractivity contribution in [3.8, 4) is 0 Å². The molecule has 0 saturated heterocycles. The molecule has 1 aliphatic rings. The summed E-state index contributed by atoms with van der Waals surface area (Å²) in [6, 6.07) is 0. The van der Waals surface area contributed by atoms with Gasteiger partial charge in [-0.15, -0.1) is 0 Å². The van der Waals surface area contributed by atoms with Crippen molar-refractivity contribution in [2.45, 2.75) is 39.3 Å². The third-order valence-electron chi connectivity index (χ3n) is 2.96. The monoisotopic (exact) mass is 249 g/mol. The maximum atomic E-state index is 12.0. The Hall–Kier alpha value is -1.00. The van der Waals surface area contributed by atoms with Crippen molar-refractivity contribution in [1.82, 2.24) is 4.90 Å². The average molecular weight is 249 g/mol. The third-order valence-corrected chi connectivity index (χ3v) is 2.96. The van der Waals surface area contributed by atoms with Gasteiger partial charge in [0.2, 0.25) is 5.91 Å². The zero-order valence-electron chi connectivity index (χ0n) is 10.2. The average Bonchev–Trinajstić information content (AvgIpc) is 2.25. The Bertz CT molecular complexity index is 307. The fraction of sp³-hybridized carbons (Fsp3) is 0.750. The van der Waals surface area contributed by atoms with E-state index in [1.165, 1.54) is 10.5 Å². The highest BCUT2D eigenvalue weighted by Crippen LogP contribution is 2.23. The van der Waals surface area contributed by atoms with E-state index in [1.54, 1.807) is 0 Å². The van der Waals surface area contributed by atoms with Crippen molar-refractivity contribution in [1.29, 1.82) is 0 Å². The van der Waals surface area contributed by atoms with Crippen molar-refractivity contribution >= 4 is 5.91 Å². The first-order valence-corrected chi connectivity index (χ1v) is 5.83. The van der Waals surface area contributed by atoms with Crippen LogP contribution in [0, 0.1) is 5.92 Å². The zero-order valence-corrected chi connectivity index (χ0v) is 10.2. The first-order chi connectivity index (χ1) is 7.79. The van der Waals surface area contributed by atoms with Gasteiger partial charge in [0.1, 0.15) is 0 Å². The van der Waals surface area contributed by atoms with Crippen LogP contribution >= 0.6 is 0 Å². The van der Waals surface area contributed by atoms with Crippen LogP contribution in [0.1, 0.15) is 33.1 Å². The molecule has 1 aliphatic heterocycles. The molecule has 0 aliphatic carbocycles. The van der Waals surface area contributed by atoms with Gasteiger partial charge in [-0.25, -0.2) is 0 Å². The topological polar surface area (TPSA) is 20.3 Å². The number of hydrogen-bond acceptors (Lipinski definition) is 1. The van der Waals surface area contributed by atoms with Gasteiger partial charge in [0.25, 0.3) is 0 Å². The maximum Gasteiger partial charge on any atom is 0.389 e. The summed E-state index contributed by atoms with van der Waals surface area (Å²) in [5.74, 6) is 0.0452. The van der Waals surface area contributed by atoms with Crippen molar-refractivity contribution in [3.05, 3.63) is 11.6 Å². The molecular weight excluding hydrogens is 231 g/mol. The molecule has 0 radical (unpaired) electrons. The molecule has 1 rings (SSSR count). The Kier molecular flexibility index (Phi) is 4.60. The van der Waals surface area contributed by atoms with Crippen LogP contribution in [0.2, 0.25) is 0 Å². The molecule has 0 aromatic rings. The van der Waals surface area contributed by atoms with E-state index in [1.807, 2.05) is 6.08 Å². The van der Waals surface area contributed by atoms with Gasteiger partial charge in [-0.2, -0.15) is 13.2 Å². The standard InChI is InChI=1S/C12H18F3NO/c1-9(2)10-4-7-16(8-5-10)11(17)3-6-12(13,14)15/h4,9H,3,5-8H2,1-2H3. The van der Waals surface area contributed by atoms with Crippen LogP contribution in [0.15, 0.2) is 11.6 Å². The molecule has 0 N–H and O–H groups in total. The number of carbonyl (C=O) groups is 1. The summed E-state index contributed by atoms with van der Waals surface area (Å²) >= 11 is 0. The molecule has 0 bridgehead atoms. The van der Waals surface area contributed by atoms with Crippen LogP contribution in [-0.4, -0.2) is 30.1 Å². The second kappa shape index (κ2) is 5.56. The molecule has 0 aromatic carbocycles. The molecule has 98 valence electrons. The fourth-order valence-electron chi connectivity index (χ4n) is 1.84. The minimum Gasteiger partial charge on any atom is -0.339 e. The van der Waals surface area contributed by atoms with E-state index >= 15 is 0 Å². The first kappa shape index (κ1) is 14.1. The smallest absolute Gasteiger partial charge is 0.339 e. The predicted molar refractivity (Wildman–Crippen MR) is 59.4 cm³/mol. The van der Waals surface area contributed by atoms with Crippen LogP contribution < -0.4 is 0 Å². The van der Waals surface area contributed by atoms with E-state index in [4.69, 9.17) is 0 Å². The second-order valence-electron chi connectivity index (χ2n) is 4.64. The number of amides is 1. The highest BCUT2D eigenvalue weighted by molar-refractivity contribution is 5.76. The lowest BCUT2D eigenvalue weighted by Gasteiger charge is -2.28. The molecule has 0 saturated carbocycles. The Balaban J connectivity index is 2.41. The highest BCUT2D eigenvalue weighted by atomic mass is 19.4. The Labute approximate surface area is 99.5 Å². The van der Waals surface area contributed by atoms with Crippen molar-refractivity contribution < 1.29 is 18.0 Å². The largest absolute Gasteiger partial charge is 0.389 e. The minimum atomic E-state index is -4.25. The van der Waals surface area contributed by atoms with E-state index in [0.29, 0.717) is 19.0 Å². The lowest BCUT2D eigenvalue weighted by atomic mass is 9.97. The highest BCUT2D eigenvalue weighted by Gasteiger charge is 2.29. The molecule has 0 atom stereocenters. The number of nitrogens with zero attached hydrogens (tertiary/aromatic N) is 1. The normalized spacial score (nSPS) is 17.3. The minimum absolute atomic E-state index is 0.401. The van der Waals surface area contributed by atoms with Crippen LogP contribution in [0.25, 0.3) is 0 Å². The number of hydrogen-bond donors (Lipinski definition) is 0. The summed E-state index contributed by atoms with van der Waals surface area (Å²) in [5.41, 5.74) is 1.28. The lowest BCUT2D eigenvalue weighted by molar-refractivity contribution is -0.149. The molecule has 0 fully saturated rings. The molecule has 2 nitrogen and oxygen atoms in total. The van der Waals surface area contributed by atoms with Crippen LogP contribution in [0.4, 0.5) is 13.2 Å². The molecule has 0 spiro atoms. The van der Waals surface area contributed by atoms with E-state index in [2.05, 4.69) is 13.8 Å². The van der Waals surface area contributed by atoms with Crippen LogP contribution in [-0.2, 0) is 4.79 Å². The van der Waals surface area contributed by atoms with Gasteiger partial charge in [0, 0.05) is 19.5 Å². The molecule has 0 unspecified atom stereocenters. The van der Waals surface area contributed by atoms with Gasteiger partial charge in [-0.1, -0.05) is 25.5 Å². The number of carbonyl (C=O) groups excluding carboxylic acids is 1. The second-order valence-corrected chi connectivity index (χ2v) is 4.64. The van der Waals surface area contributed by atoms with Gasteiger partial charge in [-0.05, 0) is 12.3 Å². The summed E-state index contributed by atoms with van der Waals surface area (Å²) in [4.78, 5) is 13.0. The molecular formula is C12H18F3NO. The van der Waals surface area contributed by atoms with Crippen molar-refractivity contribution in [2.75, 3.05) is 13.1 Å². The molecule has 1 amide bonds. The summed E-state index contributed by atoms with van der Waals surface area (Å²) in [6.45, 7) is 5.14. The molecule has 5 heteroatoms. The predicted octanol–water partition coefficient (Wildman–Crippen LogP) is 3.14. The van der Waals surface area contributed by atoms with E-state index in [-0.39, 0.29) is 0 Å². The van der Waals surface area contributed by atoms with Gasteiger partial charge in [-0.3, -0.25) is 4.79 Å². The Morgan fingerprint density at radius 1 is 1.47 bits per heavy atom. The van der Waals surface area contributed by atoms with Crippen LogP contribution in [0.3, 0.4) is 0 Å². The summed E-state index contributed by atoms with van der Waals surface area (Å²) in [5, 5.41) is 0. The van der Waals surface area contributed by atoms with Crippen LogP contribution in [0.5, 0.6) is 0 Å². The van der Waals surface area contributed by atoms with Gasteiger partial charge in [0.05, 0.1) is 6.42 Å². The quantitative estimate of drug-likeness (QED) is 0.704. The number of alkyl halides is 3. The van der Waals surface area contributed by atoms with Crippen molar-refractivity contribution in [2.24, 2.45) is 5.92 Å². The third kappa shape index (κ3) is 4.79. The maximum absolute atomic E-state index is 12.0. The molecule has 17 heavy (non-hydrogen) atoms. The van der Waals surface area contributed by atoms with E-state index < -0.39 is 24.9 Å². The SMILES string of the molecule is CC(C)C1=CCN(C(=O)CCC(F)(F)F)CC1. The summed E-state index contributed by atoms with van der Waals surface area (Å²) < 4.78 is 35.9. The summed E-state index contributed by atoms with van der Waals surface area (Å²) in [7, 11) is 0. The number of halogens is 3. The Morgan fingerprint density at radius 2 is 2.12 bits per heavy atom. The first-order valence-electron chi connectivity index (χ1n) is 5.83.